The van der Waals surface area contributed by atoms with Gasteiger partial charge in [0.25, 0.3) is 11.8 Å². The Hall–Kier alpha value is -3.32. The molecule has 13 heteroatoms. The van der Waals surface area contributed by atoms with Crippen molar-refractivity contribution >= 4 is 23.4 Å². The van der Waals surface area contributed by atoms with Crippen LogP contribution in [0.4, 0.5) is 8.78 Å². The SMILES string of the molecule is COC1C[C@]2(C=C[C@H](C)N3C[C@H]2n2cc(C(N)=O)c(=O)c(O)c2C3=O)ON1Cc1ccc(F)c(Cl)c1F. The van der Waals surface area contributed by atoms with Crippen molar-refractivity contribution in [1.82, 2.24) is 14.5 Å². The molecule has 3 aliphatic heterocycles. The third-order valence-corrected chi connectivity index (χ3v) is 7.52. The van der Waals surface area contributed by atoms with Crippen LogP contribution in [0, 0.1) is 11.6 Å². The van der Waals surface area contributed by atoms with E-state index in [-0.39, 0.29) is 30.8 Å². The normalized spacial score (nSPS) is 27.0. The Balaban J connectivity index is 1.62. The van der Waals surface area contributed by atoms with E-state index in [1.54, 1.807) is 19.1 Å². The average molecular weight is 537 g/mol. The molecule has 1 spiro atoms. The number of primary amides is 1. The molecule has 196 valence electrons. The highest BCUT2D eigenvalue weighted by Gasteiger charge is 2.55. The van der Waals surface area contributed by atoms with Gasteiger partial charge in [0, 0.05) is 37.9 Å². The molecule has 0 aliphatic carbocycles. The van der Waals surface area contributed by atoms with Crippen LogP contribution in [0.3, 0.4) is 0 Å². The number of nitrogens with two attached hydrogens (primary N) is 1. The van der Waals surface area contributed by atoms with Gasteiger partial charge >= 0.3 is 0 Å². The Morgan fingerprint density at radius 1 is 1.35 bits per heavy atom. The smallest absolute Gasteiger partial charge is 0.275 e. The van der Waals surface area contributed by atoms with Gasteiger partial charge in [0.15, 0.2) is 11.4 Å². The highest BCUT2D eigenvalue weighted by atomic mass is 35.5. The Labute approximate surface area is 214 Å². The lowest BCUT2D eigenvalue weighted by atomic mass is 9.88. The van der Waals surface area contributed by atoms with Crippen LogP contribution < -0.4 is 11.2 Å². The van der Waals surface area contributed by atoms with E-state index in [0.717, 1.165) is 12.3 Å². The fourth-order valence-corrected chi connectivity index (χ4v) is 5.36. The minimum Gasteiger partial charge on any atom is -0.503 e. The average Bonchev–Trinajstić information content (AvgIpc) is 3.17. The summed E-state index contributed by atoms with van der Waals surface area (Å²) >= 11 is 5.75. The number of aromatic hydroxyl groups is 1. The van der Waals surface area contributed by atoms with Crippen molar-refractivity contribution in [2.24, 2.45) is 5.73 Å². The number of methoxy groups -OCH3 is 1. The number of fused-ring (bicyclic) bond motifs is 5. The molecule has 1 aromatic heterocycles. The maximum atomic E-state index is 14.7. The van der Waals surface area contributed by atoms with E-state index in [1.165, 1.54) is 27.7 Å². The number of ether oxygens (including phenoxy) is 1. The first kappa shape index (κ1) is 25.3. The van der Waals surface area contributed by atoms with E-state index >= 15 is 0 Å². The molecule has 5 rings (SSSR count). The second-order valence-electron chi connectivity index (χ2n) is 9.26. The minimum atomic E-state index is -1.21. The van der Waals surface area contributed by atoms with Gasteiger partial charge < -0.3 is 25.0 Å². The van der Waals surface area contributed by atoms with Crippen LogP contribution in [0.25, 0.3) is 0 Å². The zero-order chi connectivity index (χ0) is 26.8. The summed E-state index contributed by atoms with van der Waals surface area (Å²) < 4.78 is 35.3. The summed E-state index contributed by atoms with van der Waals surface area (Å²) in [7, 11) is 1.44. The highest BCUT2D eigenvalue weighted by molar-refractivity contribution is 6.30. The third-order valence-electron chi connectivity index (χ3n) is 7.17. The fraction of sp³-hybridized carbons (Fsp3) is 0.375. The first-order valence-electron chi connectivity index (χ1n) is 11.4. The summed E-state index contributed by atoms with van der Waals surface area (Å²) in [5, 5.41) is 11.4. The number of amides is 2. The number of nitrogens with zero attached hydrogens (tertiary/aromatic N) is 3. The van der Waals surface area contributed by atoms with Crippen molar-refractivity contribution in [1.29, 1.82) is 0 Å². The van der Waals surface area contributed by atoms with Crippen molar-refractivity contribution in [2.75, 3.05) is 13.7 Å². The predicted octanol–water partition coefficient (Wildman–Crippen LogP) is 2.09. The summed E-state index contributed by atoms with van der Waals surface area (Å²) in [6, 6.07) is 1.13. The van der Waals surface area contributed by atoms with E-state index < -0.39 is 69.1 Å². The molecule has 1 unspecified atom stereocenters. The summed E-state index contributed by atoms with van der Waals surface area (Å²) in [6.07, 6.45) is 4.13. The number of hydrogen-bond donors (Lipinski definition) is 2. The van der Waals surface area contributed by atoms with Crippen molar-refractivity contribution in [3.8, 4) is 5.75 Å². The minimum absolute atomic E-state index is 0.0645. The molecule has 1 fully saturated rings. The first-order valence-corrected chi connectivity index (χ1v) is 11.8. The standard InChI is InChI=1S/C24H23ClF2N4O6/c1-11-5-6-24(7-16(36-2)31(37-24)8-12-3-4-14(26)17(25)18(12)27)15-10-29(11)23(35)19-21(33)20(32)13(22(28)34)9-30(15)19/h3-6,9,11,15-16,33H,7-8,10H2,1-2H3,(H2,28,34)/t11-,15+,16?,24-/m0/s1. The largest absolute Gasteiger partial charge is 0.503 e. The van der Waals surface area contributed by atoms with Crippen LogP contribution in [-0.2, 0) is 16.1 Å². The van der Waals surface area contributed by atoms with Gasteiger partial charge in [-0.15, -0.1) is 0 Å². The van der Waals surface area contributed by atoms with Crippen LogP contribution in [0.5, 0.6) is 5.75 Å². The van der Waals surface area contributed by atoms with Crippen LogP contribution in [0.1, 0.15) is 45.8 Å². The summed E-state index contributed by atoms with van der Waals surface area (Å²) in [5.74, 6) is -4.38. The fourth-order valence-electron chi connectivity index (χ4n) is 5.18. The topological polar surface area (TPSA) is 127 Å². The van der Waals surface area contributed by atoms with Gasteiger partial charge in [0.05, 0.1) is 12.6 Å². The monoisotopic (exact) mass is 536 g/mol. The molecule has 2 amide bonds. The van der Waals surface area contributed by atoms with Gasteiger partial charge in [-0.2, -0.15) is 5.06 Å². The Morgan fingerprint density at radius 3 is 2.76 bits per heavy atom. The maximum Gasteiger partial charge on any atom is 0.275 e. The van der Waals surface area contributed by atoms with Crippen LogP contribution >= 0.6 is 11.6 Å². The number of carbonyl (C=O) groups excluding carboxylic acids is 2. The number of aromatic nitrogens is 1. The van der Waals surface area contributed by atoms with Gasteiger partial charge in [0.2, 0.25) is 5.43 Å². The van der Waals surface area contributed by atoms with Crippen LogP contribution in [-0.4, -0.2) is 63.0 Å². The summed E-state index contributed by atoms with van der Waals surface area (Å²) in [6.45, 7) is 1.71. The second-order valence-corrected chi connectivity index (χ2v) is 9.64. The molecule has 3 aliphatic rings. The molecule has 1 aromatic carbocycles. The van der Waals surface area contributed by atoms with E-state index in [1.807, 2.05) is 0 Å². The van der Waals surface area contributed by atoms with Crippen LogP contribution in [0.15, 0.2) is 35.3 Å². The zero-order valence-electron chi connectivity index (χ0n) is 19.8. The maximum absolute atomic E-state index is 14.7. The molecule has 10 nitrogen and oxygen atoms in total. The van der Waals surface area contributed by atoms with E-state index in [0.29, 0.717) is 0 Å². The quantitative estimate of drug-likeness (QED) is 0.452. The lowest BCUT2D eigenvalue weighted by Crippen LogP contribution is -2.52. The van der Waals surface area contributed by atoms with Gasteiger partial charge in [-0.3, -0.25) is 19.2 Å². The molecule has 0 radical (unpaired) electrons. The lowest BCUT2D eigenvalue weighted by Gasteiger charge is -2.42. The molecule has 1 saturated heterocycles. The van der Waals surface area contributed by atoms with Gasteiger partial charge in [-0.1, -0.05) is 29.8 Å². The van der Waals surface area contributed by atoms with Gasteiger partial charge in [0.1, 0.15) is 34.0 Å². The number of rotatable bonds is 4. The number of benzene rings is 1. The van der Waals surface area contributed by atoms with Crippen molar-refractivity contribution in [2.45, 2.75) is 43.8 Å². The number of pyridine rings is 1. The highest BCUT2D eigenvalue weighted by Crippen LogP contribution is 2.46. The van der Waals surface area contributed by atoms with Crippen molar-refractivity contribution in [3.63, 3.8) is 0 Å². The van der Waals surface area contributed by atoms with E-state index in [2.05, 4.69) is 0 Å². The van der Waals surface area contributed by atoms with E-state index in [9.17, 15) is 28.3 Å². The van der Waals surface area contributed by atoms with Gasteiger partial charge in [-0.05, 0) is 13.0 Å². The number of halogens is 3. The zero-order valence-corrected chi connectivity index (χ0v) is 20.5. The summed E-state index contributed by atoms with van der Waals surface area (Å²) in [4.78, 5) is 45.6. The first-order chi connectivity index (χ1) is 17.5. The van der Waals surface area contributed by atoms with Crippen molar-refractivity contribution < 1.29 is 33.1 Å². The second kappa shape index (κ2) is 8.91. The number of hydroxylamine groups is 2. The predicted molar refractivity (Wildman–Crippen MR) is 126 cm³/mol. The van der Waals surface area contributed by atoms with Crippen LogP contribution in [0.2, 0.25) is 5.02 Å². The molecule has 37 heavy (non-hydrogen) atoms. The molecular formula is C24H23ClF2N4O6. The molecule has 4 heterocycles. The molecule has 2 bridgehead atoms. The molecule has 4 atom stereocenters. The number of carbonyl (C=O) groups is 2. The molecule has 3 N–H and O–H groups in total. The molecule has 2 aromatic rings. The molecule has 0 saturated carbocycles. The Bertz CT molecular complexity index is 1410. The molecular weight excluding hydrogens is 514 g/mol. The lowest BCUT2D eigenvalue weighted by molar-refractivity contribution is -0.239. The Morgan fingerprint density at radius 2 is 2.08 bits per heavy atom. The third kappa shape index (κ3) is 3.82. The Kier molecular flexibility index (Phi) is 6.10. The summed E-state index contributed by atoms with van der Waals surface area (Å²) in [5.41, 5.74) is 2.38. The van der Waals surface area contributed by atoms with E-state index in [4.69, 9.17) is 26.9 Å². The van der Waals surface area contributed by atoms with Gasteiger partial charge in [-0.25, -0.2) is 8.78 Å². The number of hydrogen-bond acceptors (Lipinski definition) is 7. The van der Waals surface area contributed by atoms with Crippen molar-refractivity contribution in [3.05, 3.63) is 74.2 Å².